The first-order valence-corrected chi connectivity index (χ1v) is 13.2. The van der Waals surface area contributed by atoms with Crippen LogP contribution in [0.3, 0.4) is 0 Å². The molecule has 0 spiro atoms. The summed E-state index contributed by atoms with van der Waals surface area (Å²) in [7, 11) is 0. The first-order chi connectivity index (χ1) is 19.4. The SMILES string of the molecule is C=C/C(=C\C(=N)C(C)(C)c1cc(Oc2c(C)cccc2C)cc(-c2ccc(F)nc2F)n1)Oc1c(C)cccc1C. The Labute approximate surface area is 239 Å². The Balaban J connectivity index is 1.79. The smallest absolute Gasteiger partial charge is 0.224 e. The molecule has 0 aliphatic rings. The second-order valence-corrected chi connectivity index (χ2v) is 10.5. The molecule has 0 aliphatic carbocycles. The number of aryl methyl sites for hydroxylation is 4. The number of pyridine rings is 2. The number of rotatable bonds is 9. The molecule has 210 valence electrons. The maximum atomic E-state index is 14.8. The first kappa shape index (κ1) is 29.3. The number of para-hydroxylation sites is 2. The van der Waals surface area contributed by atoms with Gasteiger partial charge in [0.25, 0.3) is 0 Å². The number of allylic oxidation sites excluding steroid dienone is 2. The summed E-state index contributed by atoms with van der Waals surface area (Å²) in [4.78, 5) is 8.03. The number of hydrogen-bond donors (Lipinski definition) is 1. The zero-order valence-corrected chi connectivity index (χ0v) is 24.1. The summed E-state index contributed by atoms with van der Waals surface area (Å²) in [6, 6.07) is 17.4. The Morgan fingerprint density at radius 1 is 0.854 bits per heavy atom. The van der Waals surface area contributed by atoms with Crippen LogP contribution >= 0.6 is 0 Å². The van der Waals surface area contributed by atoms with E-state index < -0.39 is 17.3 Å². The van der Waals surface area contributed by atoms with Crippen molar-refractivity contribution in [3.05, 3.63) is 125 Å². The molecule has 2 heterocycles. The highest BCUT2D eigenvalue weighted by molar-refractivity contribution is 6.01. The molecule has 4 aromatic rings. The molecule has 0 atom stereocenters. The fourth-order valence-corrected chi connectivity index (χ4v) is 4.37. The molecule has 2 aromatic heterocycles. The molecular weight excluding hydrogens is 520 g/mol. The normalized spacial score (nSPS) is 11.8. The second kappa shape index (κ2) is 11.8. The minimum atomic E-state index is -0.989. The number of benzene rings is 2. The summed E-state index contributed by atoms with van der Waals surface area (Å²) in [5.41, 5.74) is 3.63. The molecule has 2 aromatic carbocycles. The fourth-order valence-electron chi connectivity index (χ4n) is 4.37. The van der Waals surface area contributed by atoms with Crippen LogP contribution in [0.5, 0.6) is 17.2 Å². The average molecular weight is 554 g/mol. The number of ether oxygens (including phenoxy) is 2. The maximum absolute atomic E-state index is 14.8. The highest BCUT2D eigenvalue weighted by Crippen LogP contribution is 2.36. The van der Waals surface area contributed by atoms with Crippen LogP contribution in [-0.2, 0) is 5.41 Å². The van der Waals surface area contributed by atoms with Gasteiger partial charge < -0.3 is 14.9 Å². The number of aromatic nitrogens is 2. The fraction of sp³-hybridized carbons (Fsp3) is 0.206. The van der Waals surface area contributed by atoms with Crippen molar-refractivity contribution in [2.75, 3.05) is 0 Å². The summed E-state index contributed by atoms with van der Waals surface area (Å²) >= 11 is 0. The van der Waals surface area contributed by atoms with Crippen molar-refractivity contribution >= 4 is 5.71 Å². The lowest BCUT2D eigenvalue weighted by Crippen LogP contribution is -2.29. The molecule has 0 saturated heterocycles. The van der Waals surface area contributed by atoms with E-state index in [-0.39, 0.29) is 17.0 Å². The van der Waals surface area contributed by atoms with Gasteiger partial charge in [0.05, 0.1) is 17.0 Å². The highest BCUT2D eigenvalue weighted by Gasteiger charge is 2.29. The van der Waals surface area contributed by atoms with Crippen molar-refractivity contribution in [3.8, 4) is 28.5 Å². The van der Waals surface area contributed by atoms with E-state index in [1.807, 2.05) is 77.9 Å². The molecule has 0 fully saturated rings. The standard InChI is InChI=1S/C34H33F2N3O2/c1-8-24(40-31-20(2)11-9-12-21(31)3)18-28(37)34(6,7)29-19-25(41-32-22(4)13-10-14-23(32)5)17-27(38-29)26-15-16-30(35)39-33(26)36/h8-19,37H,1H2,2-7H3/b24-18+,37-28?. The molecule has 0 amide bonds. The third-order valence-electron chi connectivity index (χ3n) is 6.95. The topological polar surface area (TPSA) is 68.1 Å². The Kier molecular flexibility index (Phi) is 8.47. The quantitative estimate of drug-likeness (QED) is 0.0973. The zero-order valence-electron chi connectivity index (χ0n) is 24.1. The molecular formula is C34H33F2N3O2. The van der Waals surface area contributed by atoms with Gasteiger partial charge in [0, 0.05) is 29.3 Å². The van der Waals surface area contributed by atoms with Crippen molar-refractivity contribution in [1.82, 2.24) is 9.97 Å². The van der Waals surface area contributed by atoms with Crippen molar-refractivity contribution in [2.24, 2.45) is 0 Å². The van der Waals surface area contributed by atoms with E-state index in [0.717, 1.165) is 28.3 Å². The molecule has 5 nitrogen and oxygen atoms in total. The van der Waals surface area contributed by atoms with Gasteiger partial charge in [0.15, 0.2) is 0 Å². The van der Waals surface area contributed by atoms with Crippen molar-refractivity contribution in [2.45, 2.75) is 47.0 Å². The van der Waals surface area contributed by atoms with Crippen LogP contribution in [0, 0.1) is 45.0 Å². The van der Waals surface area contributed by atoms with Crippen LogP contribution in [0.15, 0.2) is 85.2 Å². The van der Waals surface area contributed by atoms with Gasteiger partial charge in [-0.2, -0.15) is 13.8 Å². The highest BCUT2D eigenvalue weighted by atomic mass is 19.1. The van der Waals surface area contributed by atoms with E-state index in [0.29, 0.717) is 28.7 Å². The maximum Gasteiger partial charge on any atom is 0.224 e. The van der Waals surface area contributed by atoms with Gasteiger partial charge in [-0.05, 0) is 82.0 Å². The lowest BCUT2D eigenvalue weighted by atomic mass is 9.82. The average Bonchev–Trinajstić information content (AvgIpc) is 2.92. The van der Waals surface area contributed by atoms with Crippen molar-refractivity contribution in [1.29, 1.82) is 5.41 Å². The summed E-state index contributed by atoms with van der Waals surface area (Å²) < 4.78 is 40.8. The van der Waals surface area contributed by atoms with E-state index in [1.54, 1.807) is 24.3 Å². The molecule has 0 unspecified atom stereocenters. The van der Waals surface area contributed by atoms with Gasteiger partial charge in [0.2, 0.25) is 11.9 Å². The molecule has 0 saturated carbocycles. The molecule has 0 aliphatic heterocycles. The van der Waals surface area contributed by atoms with E-state index in [4.69, 9.17) is 19.9 Å². The predicted molar refractivity (Wildman–Crippen MR) is 159 cm³/mol. The molecule has 7 heteroatoms. The largest absolute Gasteiger partial charge is 0.457 e. The van der Waals surface area contributed by atoms with Crippen LogP contribution < -0.4 is 9.47 Å². The Morgan fingerprint density at radius 2 is 1.44 bits per heavy atom. The van der Waals surface area contributed by atoms with E-state index >= 15 is 0 Å². The third kappa shape index (κ3) is 6.40. The summed E-state index contributed by atoms with van der Waals surface area (Å²) in [5, 5.41) is 9.02. The van der Waals surface area contributed by atoms with Crippen molar-refractivity contribution < 1.29 is 18.3 Å². The lowest BCUT2D eigenvalue weighted by Gasteiger charge is -2.25. The zero-order chi connectivity index (χ0) is 29.9. The number of nitrogens with zero attached hydrogens (tertiary/aromatic N) is 2. The minimum absolute atomic E-state index is 0.0163. The molecule has 1 N–H and O–H groups in total. The minimum Gasteiger partial charge on any atom is -0.457 e. The Morgan fingerprint density at radius 3 is 2.00 bits per heavy atom. The predicted octanol–water partition coefficient (Wildman–Crippen LogP) is 8.89. The Hall–Kier alpha value is -4.65. The summed E-state index contributed by atoms with van der Waals surface area (Å²) in [6.45, 7) is 15.3. The van der Waals surface area contributed by atoms with Crippen LogP contribution in [0.1, 0.15) is 41.8 Å². The molecule has 41 heavy (non-hydrogen) atoms. The van der Waals surface area contributed by atoms with Crippen LogP contribution in [0.25, 0.3) is 11.3 Å². The summed E-state index contributed by atoms with van der Waals surface area (Å²) in [6.07, 6.45) is 3.15. The third-order valence-corrected chi connectivity index (χ3v) is 6.95. The molecule has 4 rings (SSSR count). The first-order valence-electron chi connectivity index (χ1n) is 13.2. The van der Waals surface area contributed by atoms with E-state index in [2.05, 4.69) is 11.6 Å². The van der Waals surface area contributed by atoms with Gasteiger partial charge in [0.1, 0.15) is 23.0 Å². The number of halogens is 2. The van der Waals surface area contributed by atoms with Crippen molar-refractivity contribution in [3.63, 3.8) is 0 Å². The summed E-state index contributed by atoms with van der Waals surface area (Å²) in [5.74, 6) is 0.244. The van der Waals surface area contributed by atoms with Gasteiger partial charge in [-0.15, -0.1) is 0 Å². The van der Waals surface area contributed by atoms with Crippen LogP contribution in [-0.4, -0.2) is 15.7 Å². The lowest BCUT2D eigenvalue weighted by molar-refractivity contribution is 0.438. The Bertz CT molecular complexity index is 1630. The molecule has 0 radical (unpaired) electrons. The van der Waals surface area contributed by atoms with Gasteiger partial charge in [-0.3, -0.25) is 4.98 Å². The second-order valence-electron chi connectivity index (χ2n) is 10.5. The van der Waals surface area contributed by atoms with Crippen LogP contribution in [0.4, 0.5) is 8.78 Å². The van der Waals surface area contributed by atoms with Crippen LogP contribution in [0.2, 0.25) is 0 Å². The number of hydrogen-bond acceptors (Lipinski definition) is 5. The van der Waals surface area contributed by atoms with Gasteiger partial charge >= 0.3 is 0 Å². The molecule has 0 bridgehead atoms. The van der Waals surface area contributed by atoms with E-state index in [9.17, 15) is 8.78 Å². The number of nitrogens with one attached hydrogen (secondary N) is 1. The monoisotopic (exact) mass is 553 g/mol. The van der Waals surface area contributed by atoms with Gasteiger partial charge in [-0.1, -0.05) is 43.0 Å². The van der Waals surface area contributed by atoms with Gasteiger partial charge in [-0.25, -0.2) is 0 Å². The van der Waals surface area contributed by atoms with E-state index in [1.165, 1.54) is 6.07 Å².